The van der Waals surface area contributed by atoms with E-state index >= 15 is 0 Å². The predicted molar refractivity (Wildman–Crippen MR) is 109 cm³/mol. The van der Waals surface area contributed by atoms with Gasteiger partial charge in [0.2, 0.25) is 0 Å². The first-order valence-corrected chi connectivity index (χ1v) is 10.3. The molecule has 3 rings (SSSR count). The van der Waals surface area contributed by atoms with Gasteiger partial charge in [-0.3, -0.25) is 14.8 Å². The molecule has 0 bridgehead atoms. The zero-order chi connectivity index (χ0) is 20.1. The van der Waals surface area contributed by atoms with Crippen LogP contribution in [0.3, 0.4) is 0 Å². The SMILES string of the molecule is CCCc1[nH]ncc1C(=O)N1CCCN(Cc2ccc(F)cc2)[C@H](C(C)C)C1. The van der Waals surface area contributed by atoms with Crippen molar-refractivity contribution in [3.63, 3.8) is 0 Å². The number of hydrogen-bond acceptors (Lipinski definition) is 3. The molecular weight excluding hydrogens is 355 g/mol. The summed E-state index contributed by atoms with van der Waals surface area (Å²) < 4.78 is 13.2. The number of amides is 1. The lowest BCUT2D eigenvalue weighted by Gasteiger charge is -2.34. The third-order valence-corrected chi connectivity index (χ3v) is 5.55. The number of aromatic amines is 1. The minimum Gasteiger partial charge on any atom is -0.337 e. The highest BCUT2D eigenvalue weighted by molar-refractivity contribution is 5.95. The molecule has 5 nitrogen and oxygen atoms in total. The van der Waals surface area contributed by atoms with Gasteiger partial charge in [0, 0.05) is 37.9 Å². The highest BCUT2D eigenvalue weighted by Crippen LogP contribution is 2.22. The van der Waals surface area contributed by atoms with Crippen LogP contribution in [0.2, 0.25) is 0 Å². The van der Waals surface area contributed by atoms with Crippen molar-refractivity contribution in [2.24, 2.45) is 5.92 Å². The summed E-state index contributed by atoms with van der Waals surface area (Å²) in [5, 5.41) is 7.08. The minimum absolute atomic E-state index is 0.0754. The molecule has 0 aliphatic carbocycles. The maximum atomic E-state index is 13.2. The number of aryl methyl sites for hydroxylation is 1. The molecule has 2 aromatic rings. The number of H-pyrrole nitrogens is 1. The monoisotopic (exact) mass is 386 g/mol. The first-order valence-electron chi connectivity index (χ1n) is 10.3. The molecule has 6 heteroatoms. The quantitative estimate of drug-likeness (QED) is 0.820. The zero-order valence-electron chi connectivity index (χ0n) is 17.1. The van der Waals surface area contributed by atoms with Crippen LogP contribution in [0.5, 0.6) is 0 Å². The normalized spacial score (nSPS) is 18.5. The van der Waals surface area contributed by atoms with Gasteiger partial charge in [0.15, 0.2) is 0 Å². The molecule has 1 aromatic carbocycles. The van der Waals surface area contributed by atoms with Crippen molar-refractivity contribution in [2.45, 2.75) is 52.6 Å². The van der Waals surface area contributed by atoms with Gasteiger partial charge in [0.25, 0.3) is 5.91 Å². The number of rotatable bonds is 6. The topological polar surface area (TPSA) is 52.2 Å². The standard InChI is InChI=1S/C22H31FN4O/c1-4-6-20-19(13-24-25-20)22(28)27-12-5-11-26(21(15-27)16(2)3)14-17-7-9-18(23)10-8-17/h7-10,13,16,21H,4-6,11-12,14-15H2,1-3H3,(H,24,25)/t21-/m0/s1. The molecule has 1 aliphatic heterocycles. The number of nitrogens with zero attached hydrogens (tertiary/aromatic N) is 3. The minimum atomic E-state index is -0.209. The summed E-state index contributed by atoms with van der Waals surface area (Å²) in [6.45, 7) is 9.67. The number of aromatic nitrogens is 2. The highest BCUT2D eigenvalue weighted by atomic mass is 19.1. The van der Waals surface area contributed by atoms with E-state index in [9.17, 15) is 9.18 Å². The smallest absolute Gasteiger partial charge is 0.257 e. The Hall–Kier alpha value is -2.21. The Morgan fingerprint density at radius 1 is 1.29 bits per heavy atom. The van der Waals surface area contributed by atoms with Crippen molar-refractivity contribution in [1.29, 1.82) is 0 Å². The van der Waals surface area contributed by atoms with Gasteiger partial charge in [0.05, 0.1) is 11.8 Å². The van der Waals surface area contributed by atoms with Crippen LogP contribution in [0, 0.1) is 11.7 Å². The van der Waals surface area contributed by atoms with Crippen LogP contribution in [0.15, 0.2) is 30.5 Å². The molecule has 0 saturated carbocycles. The second-order valence-corrected chi connectivity index (χ2v) is 8.03. The van der Waals surface area contributed by atoms with Gasteiger partial charge in [0.1, 0.15) is 5.82 Å². The van der Waals surface area contributed by atoms with Crippen LogP contribution < -0.4 is 0 Å². The van der Waals surface area contributed by atoms with Crippen LogP contribution in [0.4, 0.5) is 4.39 Å². The summed E-state index contributed by atoms with van der Waals surface area (Å²) in [5.74, 6) is 0.277. The fraction of sp³-hybridized carbons (Fsp3) is 0.545. The Kier molecular flexibility index (Phi) is 6.83. The number of halogens is 1. The van der Waals surface area contributed by atoms with E-state index in [1.54, 1.807) is 6.20 Å². The van der Waals surface area contributed by atoms with Crippen LogP contribution in [-0.2, 0) is 13.0 Å². The molecule has 1 saturated heterocycles. The lowest BCUT2D eigenvalue weighted by molar-refractivity contribution is 0.0701. The number of hydrogen-bond donors (Lipinski definition) is 1. The number of benzene rings is 1. The fourth-order valence-electron chi connectivity index (χ4n) is 4.01. The third kappa shape index (κ3) is 4.79. The number of nitrogens with one attached hydrogen (secondary N) is 1. The molecule has 1 fully saturated rings. The summed E-state index contributed by atoms with van der Waals surface area (Å²) in [6.07, 6.45) is 4.40. The van der Waals surface area contributed by atoms with Crippen molar-refractivity contribution >= 4 is 5.91 Å². The summed E-state index contributed by atoms with van der Waals surface area (Å²) in [4.78, 5) is 17.6. The first-order chi connectivity index (χ1) is 13.5. The Bertz CT molecular complexity index is 771. The second-order valence-electron chi connectivity index (χ2n) is 8.03. The lowest BCUT2D eigenvalue weighted by atomic mass is 10.0. The van der Waals surface area contributed by atoms with Gasteiger partial charge in [-0.1, -0.05) is 39.3 Å². The summed E-state index contributed by atoms with van der Waals surface area (Å²) in [6, 6.07) is 6.99. The van der Waals surface area contributed by atoms with E-state index in [0.29, 0.717) is 18.0 Å². The molecule has 1 amide bonds. The average Bonchev–Trinajstić information content (AvgIpc) is 3.02. The fourth-order valence-corrected chi connectivity index (χ4v) is 4.01. The summed E-state index contributed by atoms with van der Waals surface area (Å²) >= 11 is 0. The van der Waals surface area contributed by atoms with Crippen molar-refractivity contribution in [3.05, 3.63) is 53.1 Å². The first kappa shape index (κ1) is 20.5. The van der Waals surface area contributed by atoms with E-state index in [1.165, 1.54) is 12.1 Å². The Labute approximate surface area is 166 Å². The molecule has 1 aromatic heterocycles. The largest absolute Gasteiger partial charge is 0.337 e. The van der Waals surface area contributed by atoms with E-state index in [2.05, 4.69) is 35.9 Å². The Morgan fingerprint density at radius 3 is 2.71 bits per heavy atom. The van der Waals surface area contributed by atoms with E-state index < -0.39 is 0 Å². The second kappa shape index (κ2) is 9.32. The molecule has 1 N–H and O–H groups in total. The van der Waals surface area contributed by atoms with E-state index in [1.807, 2.05) is 17.0 Å². The Balaban J connectivity index is 1.75. The van der Waals surface area contributed by atoms with Crippen LogP contribution in [0.25, 0.3) is 0 Å². The lowest BCUT2D eigenvalue weighted by Crippen LogP contribution is -2.45. The number of carbonyl (C=O) groups excluding carboxylic acids is 1. The maximum absolute atomic E-state index is 13.2. The molecular formula is C22H31FN4O. The molecule has 0 unspecified atom stereocenters. The van der Waals surface area contributed by atoms with Gasteiger partial charge in [-0.25, -0.2) is 4.39 Å². The molecule has 1 aliphatic rings. The zero-order valence-corrected chi connectivity index (χ0v) is 17.1. The molecule has 152 valence electrons. The van der Waals surface area contributed by atoms with Crippen molar-refractivity contribution in [2.75, 3.05) is 19.6 Å². The van der Waals surface area contributed by atoms with Gasteiger partial charge in [-0.15, -0.1) is 0 Å². The van der Waals surface area contributed by atoms with Crippen LogP contribution >= 0.6 is 0 Å². The predicted octanol–water partition coefficient (Wildman–Crippen LogP) is 3.87. The van der Waals surface area contributed by atoms with Crippen molar-refractivity contribution < 1.29 is 9.18 Å². The summed E-state index contributed by atoms with van der Waals surface area (Å²) in [5.41, 5.74) is 2.74. The van der Waals surface area contributed by atoms with Gasteiger partial charge in [-0.05, 0) is 36.5 Å². The highest BCUT2D eigenvalue weighted by Gasteiger charge is 2.31. The van der Waals surface area contributed by atoms with E-state index in [4.69, 9.17) is 0 Å². The molecule has 1 atom stereocenters. The summed E-state index contributed by atoms with van der Waals surface area (Å²) in [7, 11) is 0. The van der Waals surface area contributed by atoms with Gasteiger partial charge >= 0.3 is 0 Å². The Morgan fingerprint density at radius 2 is 2.04 bits per heavy atom. The van der Waals surface area contributed by atoms with Crippen LogP contribution in [-0.4, -0.2) is 51.6 Å². The molecule has 0 radical (unpaired) electrons. The molecule has 2 heterocycles. The maximum Gasteiger partial charge on any atom is 0.257 e. The van der Waals surface area contributed by atoms with Crippen molar-refractivity contribution in [3.8, 4) is 0 Å². The average molecular weight is 387 g/mol. The molecule has 28 heavy (non-hydrogen) atoms. The van der Waals surface area contributed by atoms with Gasteiger partial charge in [-0.2, -0.15) is 5.10 Å². The van der Waals surface area contributed by atoms with E-state index in [0.717, 1.165) is 50.2 Å². The van der Waals surface area contributed by atoms with Crippen molar-refractivity contribution in [1.82, 2.24) is 20.0 Å². The molecule has 0 spiro atoms. The number of carbonyl (C=O) groups is 1. The third-order valence-electron chi connectivity index (χ3n) is 5.55. The van der Waals surface area contributed by atoms with E-state index in [-0.39, 0.29) is 17.8 Å². The van der Waals surface area contributed by atoms with Crippen LogP contribution in [0.1, 0.15) is 55.2 Å². The van der Waals surface area contributed by atoms with Gasteiger partial charge < -0.3 is 4.90 Å².